The summed E-state index contributed by atoms with van der Waals surface area (Å²) in [6.07, 6.45) is 4.12. The monoisotopic (exact) mass is 407 g/mol. The third-order valence-corrected chi connectivity index (χ3v) is 5.24. The van der Waals surface area contributed by atoms with Crippen LogP contribution in [0, 0.1) is 13.8 Å². The molecule has 2 aromatic carbocycles. The number of carbonyl (C=O) groups excluding carboxylic acids is 1. The van der Waals surface area contributed by atoms with E-state index < -0.39 is 0 Å². The molecule has 0 aliphatic carbocycles. The van der Waals surface area contributed by atoms with Crippen molar-refractivity contribution in [3.05, 3.63) is 59.4 Å². The summed E-state index contributed by atoms with van der Waals surface area (Å²) < 4.78 is 8.34. The third-order valence-electron chi connectivity index (χ3n) is 5.24. The number of para-hydroxylation sites is 2. The van der Waals surface area contributed by atoms with Gasteiger partial charge in [0.25, 0.3) is 0 Å². The van der Waals surface area contributed by atoms with E-state index in [0.717, 1.165) is 54.8 Å². The highest BCUT2D eigenvalue weighted by atomic mass is 16.5. The van der Waals surface area contributed by atoms with Crippen molar-refractivity contribution in [3.8, 4) is 5.75 Å². The van der Waals surface area contributed by atoms with Crippen molar-refractivity contribution < 1.29 is 9.53 Å². The number of imidazole rings is 1. The average Bonchev–Trinajstić information content (AvgIpc) is 3.08. The predicted octanol–water partition coefficient (Wildman–Crippen LogP) is 4.97. The van der Waals surface area contributed by atoms with E-state index in [4.69, 9.17) is 9.72 Å². The summed E-state index contributed by atoms with van der Waals surface area (Å²) in [5.74, 6) is 2.18. The van der Waals surface area contributed by atoms with Gasteiger partial charge in [0.15, 0.2) is 0 Å². The first-order valence-corrected chi connectivity index (χ1v) is 11.0. The molecule has 0 radical (unpaired) electrons. The number of carbonyl (C=O) groups is 1. The molecule has 0 spiro atoms. The smallest absolute Gasteiger partial charge is 0.219 e. The van der Waals surface area contributed by atoms with Crippen molar-refractivity contribution >= 4 is 16.9 Å². The van der Waals surface area contributed by atoms with E-state index in [0.29, 0.717) is 19.6 Å². The van der Waals surface area contributed by atoms with Gasteiger partial charge in [-0.1, -0.05) is 31.2 Å². The molecule has 0 aliphatic rings. The van der Waals surface area contributed by atoms with Crippen molar-refractivity contribution in [1.29, 1.82) is 0 Å². The molecule has 30 heavy (non-hydrogen) atoms. The first kappa shape index (κ1) is 21.9. The van der Waals surface area contributed by atoms with Crippen LogP contribution in [0.15, 0.2) is 42.5 Å². The van der Waals surface area contributed by atoms with E-state index in [1.54, 1.807) is 0 Å². The van der Waals surface area contributed by atoms with Crippen LogP contribution in [0.4, 0.5) is 0 Å². The van der Waals surface area contributed by atoms with Gasteiger partial charge in [-0.2, -0.15) is 0 Å². The largest absolute Gasteiger partial charge is 0.493 e. The molecule has 0 aliphatic heterocycles. The van der Waals surface area contributed by atoms with Crippen LogP contribution >= 0.6 is 0 Å². The maximum atomic E-state index is 11.7. The molecule has 1 amide bonds. The maximum absolute atomic E-state index is 11.7. The van der Waals surface area contributed by atoms with Crippen LogP contribution in [0.1, 0.15) is 49.6 Å². The van der Waals surface area contributed by atoms with E-state index in [1.165, 1.54) is 11.1 Å². The fraction of sp³-hybridized carbons (Fsp3) is 0.440. The molecule has 0 atom stereocenters. The topological polar surface area (TPSA) is 56.2 Å². The Morgan fingerprint density at radius 2 is 1.97 bits per heavy atom. The molecule has 5 heteroatoms. The van der Waals surface area contributed by atoms with Crippen molar-refractivity contribution in [2.24, 2.45) is 0 Å². The second-order valence-corrected chi connectivity index (χ2v) is 7.84. The van der Waals surface area contributed by atoms with Gasteiger partial charge < -0.3 is 14.6 Å². The molecule has 3 aromatic rings. The number of nitrogens with zero attached hydrogens (tertiary/aromatic N) is 2. The van der Waals surface area contributed by atoms with Crippen molar-refractivity contribution in [2.45, 2.75) is 59.4 Å². The van der Waals surface area contributed by atoms with Crippen LogP contribution in [0.2, 0.25) is 0 Å². The minimum atomic E-state index is 0.134. The first-order chi connectivity index (χ1) is 14.6. The molecule has 0 saturated carbocycles. The highest BCUT2D eigenvalue weighted by Gasteiger charge is 2.10. The minimum Gasteiger partial charge on any atom is -0.493 e. The average molecular weight is 408 g/mol. The van der Waals surface area contributed by atoms with E-state index in [2.05, 4.69) is 60.1 Å². The molecule has 0 bridgehead atoms. The van der Waals surface area contributed by atoms with Crippen LogP contribution in [0.5, 0.6) is 5.75 Å². The van der Waals surface area contributed by atoms with Crippen LogP contribution in [-0.2, 0) is 17.8 Å². The Hall–Kier alpha value is -2.82. The molecular formula is C25H33N3O2. The molecule has 0 saturated heterocycles. The SMILES string of the molecule is CCCC(=O)NCCCc1nc2ccccc2n1CCCOc1cc(C)ccc1C. The van der Waals surface area contributed by atoms with Gasteiger partial charge in [-0.3, -0.25) is 4.79 Å². The van der Waals surface area contributed by atoms with Crippen molar-refractivity contribution in [2.75, 3.05) is 13.2 Å². The number of hydrogen-bond acceptors (Lipinski definition) is 3. The molecule has 5 nitrogen and oxygen atoms in total. The Morgan fingerprint density at radius 1 is 1.13 bits per heavy atom. The molecule has 1 aromatic heterocycles. The molecule has 0 fully saturated rings. The number of ether oxygens (including phenoxy) is 1. The predicted molar refractivity (Wildman–Crippen MR) is 122 cm³/mol. The Morgan fingerprint density at radius 3 is 2.80 bits per heavy atom. The number of amides is 1. The molecular weight excluding hydrogens is 374 g/mol. The zero-order valence-corrected chi connectivity index (χ0v) is 18.4. The van der Waals surface area contributed by atoms with Gasteiger partial charge in [0.05, 0.1) is 17.6 Å². The fourth-order valence-electron chi connectivity index (χ4n) is 3.62. The molecule has 3 rings (SSSR count). The van der Waals surface area contributed by atoms with Crippen LogP contribution in [-0.4, -0.2) is 28.6 Å². The van der Waals surface area contributed by atoms with Gasteiger partial charge in [-0.15, -0.1) is 0 Å². The van der Waals surface area contributed by atoms with E-state index in [-0.39, 0.29) is 5.91 Å². The van der Waals surface area contributed by atoms with Crippen LogP contribution in [0.3, 0.4) is 0 Å². The number of hydrogen-bond donors (Lipinski definition) is 1. The van der Waals surface area contributed by atoms with Gasteiger partial charge in [0, 0.05) is 25.9 Å². The lowest BCUT2D eigenvalue weighted by Gasteiger charge is -2.12. The Kier molecular flexibility index (Phi) is 7.89. The standard InChI is InChI=1S/C25H33N3O2/c1-4-9-25(29)26-15-7-12-24-27-21-10-5-6-11-22(21)28(24)16-8-17-30-23-18-19(2)13-14-20(23)3/h5-6,10-11,13-14,18H,4,7-9,12,15-17H2,1-3H3,(H,26,29). The normalized spacial score (nSPS) is 11.0. The van der Waals surface area contributed by atoms with Gasteiger partial charge in [0.1, 0.15) is 11.6 Å². The van der Waals surface area contributed by atoms with Gasteiger partial charge in [0.2, 0.25) is 5.91 Å². The lowest BCUT2D eigenvalue weighted by Crippen LogP contribution is -2.24. The second kappa shape index (κ2) is 10.8. The molecule has 0 unspecified atom stereocenters. The molecule has 1 N–H and O–H groups in total. The summed E-state index contributed by atoms with van der Waals surface area (Å²) >= 11 is 0. The van der Waals surface area contributed by atoms with Gasteiger partial charge in [-0.05, 0) is 62.4 Å². The van der Waals surface area contributed by atoms with Crippen molar-refractivity contribution in [1.82, 2.24) is 14.9 Å². The Balaban J connectivity index is 1.58. The highest BCUT2D eigenvalue weighted by molar-refractivity contribution is 5.76. The van der Waals surface area contributed by atoms with Gasteiger partial charge in [-0.25, -0.2) is 4.98 Å². The summed E-state index contributed by atoms with van der Waals surface area (Å²) in [5.41, 5.74) is 4.57. The minimum absolute atomic E-state index is 0.134. The summed E-state index contributed by atoms with van der Waals surface area (Å²) in [7, 11) is 0. The highest BCUT2D eigenvalue weighted by Crippen LogP contribution is 2.20. The Bertz CT molecular complexity index is 978. The summed E-state index contributed by atoms with van der Waals surface area (Å²) in [4.78, 5) is 16.5. The summed E-state index contributed by atoms with van der Waals surface area (Å²) in [6.45, 7) is 8.41. The third kappa shape index (κ3) is 5.85. The van der Waals surface area contributed by atoms with Crippen LogP contribution < -0.4 is 10.1 Å². The number of aryl methyl sites for hydroxylation is 4. The summed E-state index contributed by atoms with van der Waals surface area (Å²) in [5, 5.41) is 2.99. The quantitative estimate of drug-likeness (QED) is 0.457. The maximum Gasteiger partial charge on any atom is 0.219 e. The first-order valence-electron chi connectivity index (χ1n) is 11.0. The van der Waals surface area contributed by atoms with E-state index >= 15 is 0 Å². The Labute approximate surface area is 179 Å². The van der Waals surface area contributed by atoms with E-state index in [1.807, 2.05) is 13.0 Å². The second-order valence-electron chi connectivity index (χ2n) is 7.84. The lowest BCUT2D eigenvalue weighted by molar-refractivity contribution is -0.121. The zero-order chi connectivity index (χ0) is 21.3. The number of rotatable bonds is 11. The van der Waals surface area contributed by atoms with Crippen molar-refractivity contribution in [3.63, 3.8) is 0 Å². The number of aromatic nitrogens is 2. The van der Waals surface area contributed by atoms with Crippen LogP contribution in [0.25, 0.3) is 11.0 Å². The molecule has 1 heterocycles. The zero-order valence-electron chi connectivity index (χ0n) is 18.4. The molecule has 160 valence electrons. The lowest BCUT2D eigenvalue weighted by atomic mass is 10.1. The number of benzene rings is 2. The summed E-state index contributed by atoms with van der Waals surface area (Å²) in [6, 6.07) is 14.6. The van der Waals surface area contributed by atoms with E-state index in [9.17, 15) is 4.79 Å². The number of nitrogens with one attached hydrogen (secondary N) is 1. The van der Waals surface area contributed by atoms with Gasteiger partial charge >= 0.3 is 0 Å². The fourth-order valence-corrected chi connectivity index (χ4v) is 3.62. The number of fused-ring (bicyclic) bond motifs is 1.